The van der Waals surface area contributed by atoms with E-state index >= 15 is 0 Å². The van der Waals surface area contributed by atoms with Crippen LogP contribution in [-0.2, 0) is 42.9 Å². The van der Waals surface area contributed by atoms with Gasteiger partial charge in [-0.2, -0.15) is 0 Å². The van der Waals surface area contributed by atoms with Crippen molar-refractivity contribution in [1.82, 2.24) is 0 Å². The zero-order valence-corrected chi connectivity index (χ0v) is 26.7. The minimum Gasteiger partial charge on any atom is -0.466 e. The Kier molecular flexibility index (Phi) is 8.77. The van der Waals surface area contributed by atoms with Crippen molar-refractivity contribution < 1.29 is 42.9 Å². The van der Waals surface area contributed by atoms with Crippen LogP contribution in [0, 0.1) is 6.92 Å². The molecule has 0 aromatic heterocycles. The maximum absolute atomic E-state index is 13.6. The summed E-state index contributed by atoms with van der Waals surface area (Å²) in [6, 6.07) is 5.54. The molecule has 4 rings (SSSR count). The maximum atomic E-state index is 13.6. The maximum Gasteiger partial charge on any atom is 0.345 e. The molecule has 1 aromatic carbocycles. The molecule has 10 nitrogen and oxygen atoms in total. The Balaban J connectivity index is 2.19. The first kappa shape index (κ1) is 31.5. The summed E-state index contributed by atoms with van der Waals surface area (Å²) in [5.74, 6) is -3.62. The Morgan fingerprint density at radius 1 is 0.810 bits per heavy atom. The molecular weight excluding hydrogens is 603 g/mol. The highest BCUT2D eigenvalue weighted by Crippen LogP contribution is 2.71. The highest BCUT2D eigenvalue weighted by Gasteiger charge is 2.61. The molecule has 0 N–H and O–H groups in total. The number of rotatable bonds is 5. The van der Waals surface area contributed by atoms with Gasteiger partial charge in [-0.15, -0.1) is 0 Å². The number of ether oxygens (including phenoxy) is 4. The number of anilines is 1. The van der Waals surface area contributed by atoms with Crippen LogP contribution >= 0.6 is 35.3 Å². The van der Waals surface area contributed by atoms with Crippen molar-refractivity contribution in [3.63, 3.8) is 0 Å². The van der Waals surface area contributed by atoms with Gasteiger partial charge in [-0.25, -0.2) is 19.2 Å². The molecule has 0 saturated heterocycles. The van der Waals surface area contributed by atoms with Crippen molar-refractivity contribution in [2.75, 3.05) is 33.3 Å². The average Bonchev–Trinajstić information content (AvgIpc) is 3.35. The zero-order valence-electron chi connectivity index (χ0n) is 24.2. The molecular formula is C29H29NO9S3. The zero-order chi connectivity index (χ0) is 31.1. The van der Waals surface area contributed by atoms with Crippen LogP contribution in [-0.4, -0.2) is 67.8 Å². The number of benzene rings is 1. The third-order valence-electron chi connectivity index (χ3n) is 6.82. The van der Waals surface area contributed by atoms with Gasteiger partial charge in [0.25, 0.3) is 5.91 Å². The minimum atomic E-state index is -1.61. The Morgan fingerprint density at radius 3 is 1.83 bits per heavy atom. The first-order valence-electron chi connectivity index (χ1n) is 12.6. The smallest absolute Gasteiger partial charge is 0.345 e. The molecule has 1 spiro atoms. The van der Waals surface area contributed by atoms with Gasteiger partial charge in [0, 0.05) is 16.0 Å². The second-order valence-electron chi connectivity index (χ2n) is 9.71. The van der Waals surface area contributed by atoms with E-state index in [4.69, 9.17) is 18.9 Å². The number of hydrogen-bond donors (Lipinski definition) is 0. The van der Waals surface area contributed by atoms with Gasteiger partial charge in [0.15, 0.2) is 0 Å². The lowest BCUT2D eigenvalue weighted by molar-refractivity contribution is -0.138. The third-order valence-corrected chi connectivity index (χ3v) is 11.5. The number of esters is 4. The number of allylic oxidation sites excluding steroid dienone is 1. The number of hydrogen-bond acceptors (Lipinski definition) is 12. The molecule has 0 aliphatic carbocycles. The van der Waals surface area contributed by atoms with Crippen molar-refractivity contribution >= 4 is 76.3 Å². The Bertz CT molecular complexity index is 1520. The van der Waals surface area contributed by atoms with E-state index in [-0.39, 0.29) is 26.2 Å². The van der Waals surface area contributed by atoms with Crippen LogP contribution in [0.3, 0.4) is 0 Å². The molecule has 3 aliphatic heterocycles. The van der Waals surface area contributed by atoms with Crippen LogP contribution in [0.2, 0.25) is 0 Å². The summed E-state index contributed by atoms with van der Waals surface area (Å²) < 4.78 is 18.7. The summed E-state index contributed by atoms with van der Waals surface area (Å²) in [6.07, 6.45) is 3.08. The normalized spacial score (nSPS) is 18.6. The van der Waals surface area contributed by atoms with Crippen LogP contribution in [0.25, 0.3) is 5.57 Å². The van der Waals surface area contributed by atoms with Crippen LogP contribution < -0.4 is 4.90 Å². The molecule has 1 amide bonds. The summed E-state index contributed by atoms with van der Waals surface area (Å²) >= 11 is 2.77. The monoisotopic (exact) mass is 631 g/mol. The number of thioether (sulfide) groups is 3. The van der Waals surface area contributed by atoms with Crippen molar-refractivity contribution in [2.24, 2.45) is 0 Å². The van der Waals surface area contributed by atoms with Gasteiger partial charge in [-0.1, -0.05) is 53.0 Å². The van der Waals surface area contributed by atoms with Crippen molar-refractivity contribution in [1.29, 1.82) is 0 Å². The lowest BCUT2D eigenvalue weighted by Crippen LogP contribution is -2.53. The molecule has 3 aliphatic rings. The summed E-state index contributed by atoms with van der Waals surface area (Å²) in [5.41, 5.74) is 1.31. The quantitative estimate of drug-likeness (QED) is 0.258. The van der Waals surface area contributed by atoms with E-state index in [9.17, 15) is 24.0 Å². The van der Waals surface area contributed by atoms with Gasteiger partial charge in [-0.05, 0) is 45.9 Å². The topological polar surface area (TPSA) is 126 Å². The number of carbonyl (C=O) groups excluding carboxylic acids is 5. The fraction of sp³-hybridized carbons (Fsp3) is 0.345. The third kappa shape index (κ3) is 4.77. The second kappa shape index (κ2) is 11.7. The van der Waals surface area contributed by atoms with Gasteiger partial charge in [0.1, 0.15) is 18.8 Å². The molecule has 0 radical (unpaired) electrons. The molecule has 0 fully saturated rings. The largest absolute Gasteiger partial charge is 0.466 e. The molecule has 13 heteroatoms. The summed E-state index contributed by atoms with van der Waals surface area (Å²) in [5, 5.41) is 0. The van der Waals surface area contributed by atoms with Gasteiger partial charge < -0.3 is 18.9 Å². The number of carbonyl (C=O) groups is 5. The van der Waals surface area contributed by atoms with Crippen molar-refractivity contribution in [2.45, 2.75) is 37.3 Å². The number of methoxy groups -OCH3 is 4. The van der Waals surface area contributed by atoms with Gasteiger partial charge >= 0.3 is 23.9 Å². The average molecular weight is 632 g/mol. The van der Waals surface area contributed by atoms with E-state index in [0.29, 0.717) is 21.7 Å². The molecule has 0 bridgehead atoms. The fourth-order valence-corrected chi connectivity index (χ4v) is 10.1. The molecule has 1 aromatic rings. The number of aryl methyl sites for hydroxylation is 1. The lowest BCUT2D eigenvalue weighted by Gasteiger charge is -2.50. The van der Waals surface area contributed by atoms with Crippen molar-refractivity contribution in [3.05, 3.63) is 66.7 Å². The SMILES string of the molecule is CC=CC(=O)N1c2ccc(C)cc2C2=C(SC(C(=O)OC)=C(C(=O)OC)C23SC(C(=O)OC)=C(C(=O)OC)S3)C1(C)C. The van der Waals surface area contributed by atoms with Crippen LogP contribution in [0.15, 0.2) is 55.5 Å². The first-order valence-corrected chi connectivity index (χ1v) is 15.0. The predicted octanol–water partition coefficient (Wildman–Crippen LogP) is 4.49. The van der Waals surface area contributed by atoms with E-state index in [1.807, 2.05) is 39.0 Å². The summed E-state index contributed by atoms with van der Waals surface area (Å²) in [7, 11) is 4.70. The fourth-order valence-electron chi connectivity index (χ4n) is 5.04. The lowest BCUT2D eigenvalue weighted by atomic mass is 9.83. The Hall–Kier alpha value is -3.42. The van der Waals surface area contributed by atoms with Crippen LogP contribution in [0.1, 0.15) is 31.9 Å². The second-order valence-corrected chi connectivity index (χ2v) is 13.4. The molecule has 42 heavy (non-hydrogen) atoms. The highest BCUT2D eigenvalue weighted by molar-refractivity contribution is 8.26. The van der Waals surface area contributed by atoms with Crippen LogP contribution in [0.5, 0.6) is 0 Å². The van der Waals surface area contributed by atoms with E-state index in [1.165, 1.54) is 34.5 Å². The van der Waals surface area contributed by atoms with E-state index in [0.717, 1.165) is 40.8 Å². The Labute approximate surface area is 255 Å². The number of fused-ring (bicyclic) bond motifs is 3. The van der Waals surface area contributed by atoms with Gasteiger partial charge in [0.2, 0.25) is 0 Å². The highest BCUT2D eigenvalue weighted by atomic mass is 32.2. The first-order chi connectivity index (χ1) is 19.8. The predicted molar refractivity (Wildman–Crippen MR) is 162 cm³/mol. The summed E-state index contributed by atoms with van der Waals surface area (Å²) in [6.45, 7) is 7.27. The molecule has 0 unspecified atom stereocenters. The molecule has 0 atom stereocenters. The van der Waals surface area contributed by atoms with E-state index < -0.39 is 33.5 Å². The standard InChI is InChI=1S/C29H29NO9S3/c1-9-10-17(31)30-16-12-11-14(2)13-15(16)18-23(28(30,3)4)40-20(25(33)37-6)19(24(32)36-5)29(18)41-21(26(34)38-7)22(42-29)27(35)39-8/h9-13H,1-8H3. The Morgan fingerprint density at radius 2 is 1.33 bits per heavy atom. The van der Waals surface area contributed by atoms with E-state index in [1.54, 1.807) is 17.9 Å². The summed E-state index contributed by atoms with van der Waals surface area (Å²) in [4.78, 5) is 68.6. The minimum absolute atomic E-state index is 0.0963. The van der Waals surface area contributed by atoms with Gasteiger partial charge in [-0.3, -0.25) is 9.69 Å². The van der Waals surface area contributed by atoms with Crippen molar-refractivity contribution in [3.8, 4) is 0 Å². The van der Waals surface area contributed by atoms with E-state index in [2.05, 4.69) is 0 Å². The number of nitrogens with zero attached hydrogens (tertiary/aromatic N) is 1. The molecule has 222 valence electrons. The van der Waals surface area contributed by atoms with Crippen LogP contribution in [0.4, 0.5) is 5.69 Å². The molecule has 3 heterocycles. The van der Waals surface area contributed by atoms with Gasteiger partial charge in [0.05, 0.1) is 45.2 Å². The molecule has 0 saturated carbocycles. The number of amides is 1.